The molecule has 0 aliphatic carbocycles. The van der Waals surface area contributed by atoms with Crippen molar-refractivity contribution in [1.82, 2.24) is 15.3 Å². The van der Waals surface area contributed by atoms with E-state index in [1.165, 1.54) is 19.3 Å². The van der Waals surface area contributed by atoms with Crippen LogP contribution < -0.4 is 10.2 Å². The van der Waals surface area contributed by atoms with E-state index in [-0.39, 0.29) is 11.9 Å². The van der Waals surface area contributed by atoms with Gasteiger partial charge in [-0.25, -0.2) is 4.98 Å². The van der Waals surface area contributed by atoms with Crippen molar-refractivity contribution in [3.63, 3.8) is 0 Å². The molecule has 146 valence electrons. The highest BCUT2D eigenvalue weighted by molar-refractivity contribution is 6.33. The second-order valence-electron chi connectivity index (χ2n) is 7.19. The molecule has 1 aliphatic rings. The Hall–Kier alpha value is -2.24. The predicted octanol–water partition coefficient (Wildman–Crippen LogP) is 5.35. The van der Waals surface area contributed by atoms with Crippen molar-refractivity contribution < 1.29 is 4.79 Å². The normalized spacial score (nSPS) is 15.6. The molecule has 28 heavy (non-hydrogen) atoms. The lowest BCUT2D eigenvalue weighted by Gasteiger charge is -2.29. The van der Waals surface area contributed by atoms with Crippen LogP contribution in [-0.2, 0) is 0 Å². The molecule has 7 heteroatoms. The molecule has 0 unspecified atom stereocenters. The molecule has 1 aromatic heterocycles. The average Bonchev–Trinajstić information content (AvgIpc) is 3.12. The number of amides is 1. The molecular formula is C21H22Cl2N4O. The van der Waals surface area contributed by atoms with Gasteiger partial charge in [0.05, 0.1) is 27.8 Å². The van der Waals surface area contributed by atoms with Gasteiger partial charge in [-0.3, -0.25) is 4.79 Å². The Kier molecular flexibility index (Phi) is 5.47. The summed E-state index contributed by atoms with van der Waals surface area (Å²) in [5.41, 5.74) is 3.20. The summed E-state index contributed by atoms with van der Waals surface area (Å²) in [4.78, 5) is 22.7. The zero-order valence-corrected chi connectivity index (χ0v) is 17.1. The number of nitrogens with one attached hydrogen (secondary N) is 2. The van der Waals surface area contributed by atoms with E-state index in [1.807, 2.05) is 31.2 Å². The maximum absolute atomic E-state index is 12.7. The number of benzene rings is 2. The van der Waals surface area contributed by atoms with Crippen LogP contribution in [0.2, 0.25) is 10.0 Å². The van der Waals surface area contributed by atoms with Gasteiger partial charge in [-0.2, -0.15) is 0 Å². The predicted molar refractivity (Wildman–Crippen MR) is 115 cm³/mol. The molecule has 1 saturated heterocycles. The van der Waals surface area contributed by atoms with E-state index in [4.69, 9.17) is 23.2 Å². The van der Waals surface area contributed by atoms with Crippen LogP contribution in [-0.4, -0.2) is 29.0 Å². The Morgan fingerprint density at radius 1 is 1.14 bits per heavy atom. The van der Waals surface area contributed by atoms with E-state index < -0.39 is 0 Å². The second-order valence-corrected chi connectivity index (χ2v) is 8.04. The number of aromatic amines is 1. The molecule has 1 amide bonds. The van der Waals surface area contributed by atoms with Crippen LogP contribution >= 0.6 is 23.2 Å². The van der Waals surface area contributed by atoms with Gasteiger partial charge >= 0.3 is 0 Å². The molecular weight excluding hydrogens is 395 g/mol. The minimum Gasteiger partial charge on any atom is -0.370 e. The number of hydrogen-bond acceptors (Lipinski definition) is 3. The third-order valence-corrected chi connectivity index (χ3v) is 5.66. The van der Waals surface area contributed by atoms with E-state index in [2.05, 4.69) is 20.2 Å². The summed E-state index contributed by atoms with van der Waals surface area (Å²) in [7, 11) is 0. The first kappa shape index (κ1) is 19.1. The van der Waals surface area contributed by atoms with Crippen LogP contribution in [0.4, 0.5) is 5.69 Å². The minimum absolute atomic E-state index is 0.182. The van der Waals surface area contributed by atoms with Crippen molar-refractivity contribution in [2.24, 2.45) is 0 Å². The molecule has 2 N–H and O–H groups in total. The van der Waals surface area contributed by atoms with Gasteiger partial charge in [-0.1, -0.05) is 23.2 Å². The van der Waals surface area contributed by atoms with Gasteiger partial charge in [0, 0.05) is 23.7 Å². The van der Waals surface area contributed by atoms with Crippen molar-refractivity contribution in [3.05, 3.63) is 57.8 Å². The van der Waals surface area contributed by atoms with Crippen LogP contribution in [0, 0.1) is 0 Å². The first-order valence-electron chi connectivity index (χ1n) is 9.52. The fourth-order valence-electron chi connectivity index (χ4n) is 3.59. The van der Waals surface area contributed by atoms with E-state index in [1.54, 1.807) is 12.1 Å². The number of piperidine rings is 1. The maximum atomic E-state index is 12.7. The topological polar surface area (TPSA) is 61.0 Å². The third-order valence-electron chi connectivity index (χ3n) is 5.13. The second kappa shape index (κ2) is 8.02. The highest BCUT2D eigenvalue weighted by Gasteiger charge is 2.18. The first-order valence-corrected chi connectivity index (χ1v) is 10.3. The molecule has 4 rings (SSSR count). The lowest BCUT2D eigenvalue weighted by Crippen LogP contribution is -2.30. The van der Waals surface area contributed by atoms with Crippen molar-refractivity contribution >= 4 is 45.8 Å². The number of rotatable bonds is 4. The number of anilines is 1. The molecule has 3 aromatic rings. The van der Waals surface area contributed by atoms with E-state index in [0.717, 1.165) is 29.8 Å². The number of carbonyl (C=O) groups is 1. The lowest BCUT2D eigenvalue weighted by atomic mass is 10.1. The van der Waals surface area contributed by atoms with Gasteiger partial charge in [-0.05, 0) is 62.6 Å². The number of H-pyrrole nitrogens is 1. The maximum Gasteiger partial charge on any atom is 0.251 e. The third kappa shape index (κ3) is 3.96. The Labute approximate surface area is 174 Å². The van der Waals surface area contributed by atoms with Crippen molar-refractivity contribution in [3.8, 4) is 0 Å². The fraction of sp³-hybridized carbons (Fsp3) is 0.333. The molecule has 2 aromatic carbocycles. The summed E-state index contributed by atoms with van der Waals surface area (Å²) in [6.45, 7) is 3.91. The number of aromatic nitrogens is 2. The van der Waals surface area contributed by atoms with E-state index >= 15 is 0 Å². The molecule has 1 fully saturated rings. The molecule has 0 bridgehead atoms. The summed E-state index contributed by atoms with van der Waals surface area (Å²) in [5.74, 6) is 0.500. The zero-order valence-electron chi connectivity index (χ0n) is 15.6. The first-order chi connectivity index (χ1) is 13.5. The average molecular weight is 417 g/mol. The number of nitrogens with zero attached hydrogens (tertiary/aromatic N) is 2. The fourth-order valence-corrected chi connectivity index (χ4v) is 4.07. The van der Waals surface area contributed by atoms with Gasteiger partial charge in [0.15, 0.2) is 0 Å². The zero-order chi connectivity index (χ0) is 19.7. The van der Waals surface area contributed by atoms with Gasteiger partial charge in [0.1, 0.15) is 5.82 Å². The van der Waals surface area contributed by atoms with Crippen LogP contribution in [0.5, 0.6) is 0 Å². The number of fused-ring (bicyclic) bond motifs is 1. The van der Waals surface area contributed by atoms with Crippen molar-refractivity contribution in [2.75, 3.05) is 18.0 Å². The molecule has 0 spiro atoms. The molecule has 5 nitrogen and oxygen atoms in total. The SMILES string of the molecule is C[C@H](NC(=O)c1ccc(N2CCCCC2)c(Cl)c1)c1nc2ccc(Cl)cc2[nH]1. The van der Waals surface area contributed by atoms with Gasteiger partial charge < -0.3 is 15.2 Å². The summed E-state index contributed by atoms with van der Waals surface area (Å²) in [5, 5.41) is 4.23. The van der Waals surface area contributed by atoms with Crippen LogP contribution in [0.15, 0.2) is 36.4 Å². The Bertz CT molecular complexity index is 1010. The molecule has 2 heterocycles. The highest BCUT2D eigenvalue weighted by Crippen LogP contribution is 2.29. The minimum atomic E-state index is -0.278. The largest absolute Gasteiger partial charge is 0.370 e. The van der Waals surface area contributed by atoms with Gasteiger partial charge in [0.25, 0.3) is 5.91 Å². The van der Waals surface area contributed by atoms with Crippen LogP contribution in [0.1, 0.15) is 48.4 Å². The summed E-state index contributed by atoms with van der Waals surface area (Å²) < 4.78 is 0. The van der Waals surface area contributed by atoms with Crippen LogP contribution in [0.25, 0.3) is 11.0 Å². The number of carbonyl (C=O) groups excluding carboxylic acids is 1. The van der Waals surface area contributed by atoms with Gasteiger partial charge in [0.2, 0.25) is 0 Å². The molecule has 1 aliphatic heterocycles. The Morgan fingerprint density at radius 3 is 2.68 bits per heavy atom. The Morgan fingerprint density at radius 2 is 1.93 bits per heavy atom. The molecule has 0 radical (unpaired) electrons. The standard InChI is InChI=1S/C21H22Cl2N4O/c1-13(20-25-17-7-6-15(22)12-18(17)26-20)24-21(28)14-5-8-19(16(23)11-14)27-9-3-2-4-10-27/h5-8,11-13H,2-4,9-10H2,1H3,(H,24,28)(H,25,26)/t13-/m0/s1. The number of hydrogen-bond donors (Lipinski definition) is 2. The highest BCUT2D eigenvalue weighted by atomic mass is 35.5. The quantitative estimate of drug-likeness (QED) is 0.602. The van der Waals surface area contributed by atoms with E-state index in [9.17, 15) is 4.79 Å². The number of imidazole rings is 1. The van der Waals surface area contributed by atoms with Crippen molar-refractivity contribution in [2.45, 2.75) is 32.2 Å². The Balaban J connectivity index is 1.48. The molecule has 1 atom stereocenters. The lowest BCUT2D eigenvalue weighted by molar-refractivity contribution is 0.0938. The van der Waals surface area contributed by atoms with Crippen LogP contribution in [0.3, 0.4) is 0 Å². The van der Waals surface area contributed by atoms with E-state index in [0.29, 0.717) is 21.4 Å². The monoisotopic (exact) mass is 416 g/mol. The summed E-state index contributed by atoms with van der Waals surface area (Å²) >= 11 is 12.5. The smallest absolute Gasteiger partial charge is 0.251 e. The molecule has 0 saturated carbocycles. The van der Waals surface area contributed by atoms with Gasteiger partial charge in [-0.15, -0.1) is 0 Å². The number of halogens is 2. The van der Waals surface area contributed by atoms with Crippen molar-refractivity contribution in [1.29, 1.82) is 0 Å². The summed E-state index contributed by atoms with van der Waals surface area (Å²) in [6.07, 6.45) is 3.62. The summed E-state index contributed by atoms with van der Waals surface area (Å²) in [6, 6.07) is 10.7.